The van der Waals surface area contributed by atoms with E-state index in [1.165, 1.54) is 12.1 Å². The first-order valence-electron chi connectivity index (χ1n) is 7.08. The molecule has 0 aliphatic rings. The summed E-state index contributed by atoms with van der Waals surface area (Å²) in [4.78, 5) is 0. The van der Waals surface area contributed by atoms with E-state index in [1.807, 2.05) is 0 Å². The second kappa shape index (κ2) is 5.58. The highest BCUT2D eigenvalue weighted by Gasteiger charge is 2.37. The molecule has 0 spiro atoms. The van der Waals surface area contributed by atoms with Crippen LogP contribution in [0, 0.1) is 0 Å². The molecular formula is C15H9F3N6O. The van der Waals surface area contributed by atoms with Gasteiger partial charge in [0, 0.05) is 18.5 Å². The van der Waals surface area contributed by atoms with Gasteiger partial charge < -0.3 is 4.74 Å². The van der Waals surface area contributed by atoms with Crippen molar-refractivity contribution in [3.8, 4) is 17.3 Å². The zero-order chi connectivity index (χ0) is 17.4. The third-order valence-electron chi connectivity index (χ3n) is 3.32. The largest absolute Gasteiger partial charge is 0.453 e. The summed E-state index contributed by atoms with van der Waals surface area (Å²) >= 11 is 0. The molecule has 0 unspecified atom stereocenters. The second-order valence-corrected chi connectivity index (χ2v) is 5.01. The Labute approximate surface area is 138 Å². The lowest BCUT2D eigenvalue weighted by Crippen LogP contribution is -2.12. The minimum absolute atomic E-state index is 0.00959. The van der Waals surface area contributed by atoms with Crippen LogP contribution in [0.4, 0.5) is 13.2 Å². The summed E-state index contributed by atoms with van der Waals surface area (Å²) in [6.07, 6.45) is -1.21. The first kappa shape index (κ1) is 15.1. The molecule has 0 N–H and O–H groups in total. The third kappa shape index (κ3) is 2.89. The van der Waals surface area contributed by atoms with Crippen LogP contribution in [0.15, 0.2) is 54.9 Å². The molecule has 3 heterocycles. The summed E-state index contributed by atoms with van der Waals surface area (Å²) in [5.74, 6) is -0.795. The molecule has 10 heteroatoms. The summed E-state index contributed by atoms with van der Waals surface area (Å²) < 4.78 is 46.4. The van der Waals surface area contributed by atoms with Crippen LogP contribution in [-0.2, 0) is 6.18 Å². The van der Waals surface area contributed by atoms with E-state index in [0.717, 1.165) is 5.69 Å². The van der Waals surface area contributed by atoms with Gasteiger partial charge in [0.05, 0.1) is 5.69 Å². The average molecular weight is 346 g/mol. The van der Waals surface area contributed by atoms with Gasteiger partial charge >= 0.3 is 6.18 Å². The van der Waals surface area contributed by atoms with Gasteiger partial charge in [-0.2, -0.15) is 22.8 Å². The van der Waals surface area contributed by atoms with E-state index in [2.05, 4.69) is 20.4 Å². The molecule has 0 aliphatic carbocycles. The molecule has 1 aromatic carbocycles. The SMILES string of the molecule is FC(F)(F)c1nnc2ccc(Oc3ccc(-n4cccn4)cc3)nn12. The molecule has 25 heavy (non-hydrogen) atoms. The van der Waals surface area contributed by atoms with Crippen molar-refractivity contribution < 1.29 is 17.9 Å². The first-order valence-corrected chi connectivity index (χ1v) is 7.08. The number of fused-ring (bicyclic) bond motifs is 1. The van der Waals surface area contributed by atoms with Crippen molar-refractivity contribution in [3.63, 3.8) is 0 Å². The molecule has 0 atom stereocenters. The Morgan fingerprint density at radius 3 is 2.44 bits per heavy atom. The normalized spacial score (nSPS) is 11.8. The quantitative estimate of drug-likeness (QED) is 0.570. The Balaban J connectivity index is 1.62. The number of hydrogen-bond donors (Lipinski definition) is 0. The van der Waals surface area contributed by atoms with E-state index in [0.29, 0.717) is 10.3 Å². The fourth-order valence-electron chi connectivity index (χ4n) is 2.21. The number of alkyl halides is 3. The van der Waals surface area contributed by atoms with E-state index >= 15 is 0 Å². The zero-order valence-corrected chi connectivity index (χ0v) is 12.4. The van der Waals surface area contributed by atoms with Crippen molar-refractivity contribution in [1.29, 1.82) is 0 Å². The predicted molar refractivity (Wildman–Crippen MR) is 79.4 cm³/mol. The van der Waals surface area contributed by atoms with Gasteiger partial charge in [-0.1, -0.05) is 0 Å². The lowest BCUT2D eigenvalue weighted by molar-refractivity contribution is -0.146. The lowest BCUT2D eigenvalue weighted by Gasteiger charge is -2.07. The van der Waals surface area contributed by atoms with Crippen molar-refractivity contribution in [2.45, 2.75) is 6.18 Å². The Morgan fingerprint density at radius 2 is 1.76 bits per heavy atom. The van der Waals surface area contributed by atoms with Crippen molar-refractivity contribution >= 4 is 5.65 Å². The van der Waals surface area contributed by atoms with Crippen LogP contribution in [0.1, 0.15) is 5.82 Å². The van der Waals surface area contributed by atoms with Crippen molar-refractivity contribution in [1.82, 2.24) is 29.6 Å². The van der Waals surface area contributed by atoms with Gasteiger partial charge in [-0.3, -0.25) is 0 Å². The molecule has 0 aliphatic heterocycles. The molecule has 3 aromatic heterocycles. The summed E-state index contributed by atoms with van der Waals surface area (Å²) in [6, 6.07) is 11.4. The van der Waals surface area contributed by atoms with Crippen molar-refractivity contribution in [2.75, 3.05) is 0 Å². The summed E-state index contributed by atoms with van der Waals surface area (Å²) in [5, 5.41) is 14.5. The van der Waals surface area contributed by atoms with E-state index in [1.54, 1.807) is 47.4 Å². The molecule has 0 fully saturated rings. The number of halogens is 3. The molecule has 4 aromatic rings. The van der Waals surface area contributed by atoms with Crippen LogP contribution in [-0.4, -0.2) is 29.6 Å². The van der Waals surface area contributed by atoms with E-state index < -0.39 is 12.0 Å². The van der Waals surface area contributed by atoms with Crippen LogP contribution in [0.25, 0.3) is 11.3 Å². The lowest BCUT2D eigenvalue weighted by atomic mass is 10.3. The van der Waals surface area contributed by atoms with Crippen LogP contribution in [0.3, 0.4) is 0 Å². The molecular weight excluding hydrogens is 337 g/mol. The third-order valence-corrected chi connectivity index (χ3v) is 3.32. The number of ether oxygens (including phenoxy) is 1. The number of hydrogen-bond acceptors (Lipinski definition) is 5. The predicted octanol–water partition coefficient (Wildman–Crippen LogP) is 3.12. The monoisotopic (exact) mass is 346 g/mol. The van der Waals surface area contributed by atoms with Gasteiger partial charge in [-0.05, 0) is 36.4 Å². The Kier molecular flexibility index (Phi) is 3.38. The van der Waals surface area contributed by atoms with Crippen molar-refractivity contribution in [2.24, 2.45) is 0 Å². The average Bonchev–Trinajstić information content (AvgIpc) is 3.24. The number of benzene rings is 1. The van der Waals surface area contributed by atoms with Crippen LogP contribution in [0.2, 0.25) is 0 Å². The van der Waals surface area contributed by atoms with Gasteiger partial charge in [0.2, 0.25) is 5.88 Å². The maximum atomic E-state index is 12.9. The van der Waals surface area contributed by atoms with Crippen LogP contribution in [0.5, 0.6) is 11.6 Å². The Morgan fingerprint density at radius 1 is 0.960 bits per heavy atom. The minimum atomic E-state index is -4.66. The van der Waals surface area contributed by atoms with Gasteiger partial charge in [0.25, 0.3) is 5.82 Å². The molecule has 7 nitrogen and oxygen atoms in total. The fourth-order valence-corrected chi connectivity index (χ4v) is 2.21. The smallest absolute Gasteiger partial charge is 0.438 e. The maximum absolute atomic E-state index is 12.9. The fraction of sp³-hybridized carbons (Fsp3) is 0.0667. The molecule has 0 saturated heterocycles. The molecule has 0 saturated carbocycles. The molecule has 0 bridgehead atoms. The minimum Gasteiger partial charge on any atom is -0.438 e. The van der Waals surface area contributed by atoms with Crippen LogP contribution < -0.4 is 4.74 Å². The summed E-state index contributed by atoms with van der Waals surface area (Å²) in [7, 11) is 0. The number of nitrogens with zero attached hydrogens (tertiary/aromatic N) is 6. The highest BCUT2D eigenvalue weighted by molar-refractivity contribution is 5.40. The van der Waals surface area contributed by atoms with Gasteiger partial charge in [-0.25, -0.2) is 4.68 Å². The van der Waals surface area contributed by atoms with Gasteiger partial charge in [0.1, 0.15) is 5.75 Å². The zero-order valence-electron chi connectivity index (χ0n) is 12.4. The molecule has 4 rings (SSSR count). The number of aromatic nitrogens is 6. The van der Waals surface area contributed by atoms with Gasteiger partial charge in [-0.15, -0.1) is 15.3 Å². The van der Waals surface area contributed by atoms with E-state index in [9.17, 15) is 13.2 Å². The van der Waals surface area contributed by atoms with Crippen LogP contribution >= 0.6 is 0 Å². The maximum Gasteiger partial charge on any atom is 0.453 e. The summed E-state index contributed by atoms with van der Waals surface area (Å²) in [5.41, 5.74) is 0.799. The second-order valence-electron chi connectivity index (χ2n) is 5.01. The molecule has 0 radical (unpaired) electrons. The Hall–Kier alpha value is -3.43. The van der Waals surface area contributed by atoms with E-state index in [4.69, 9.17) is 4.74 Å². The molecule has 126 valence electrons. The van der Waals surface area contributed by atoms with Gasteiger partial charge in [0.15, 0.2) is 5.65 Å². The Bertz CT molecular complexity index is 1010. The number of rotatable bonds is 3. The highest BCUT2D eigenvalue weighted by atomic mass is 19.4. The van der Waals surface area contributed by atoms with E-state index in [-0.39, 0.29) is 11.5 Å². The highest BCUT2D eigenvalue weighted by Crippen LogP contribution is 2.28. The standard InChI is InChI=1S/C15H9F3N6O/c16-15(17,18)14-21-20-12-6-7-13(22-24(12)14)25-11-4-2-10(3-5-11)23-9-1-8-19-23/h1-9H. The topological polar surface area (TPSA) is 70.1 Å². The van der Waals surface area contributed by atoms with Crippen molar-refractivity contribution in [3.05, 3.63) is 60.7 Å². The molecule has 0 amide bonds. The first-order chi connectivity index (χ1) is 12.0. The summed E-state index contributed by atoms with van der Waals surface area (Å²) in [6.45, 7) is 0.